The third-order valence-corrected chi connectivity index (χ3v) is 2.39. The smallest absolute Gasteiger partial charge is 0.269 e. The number of hydrogen-bond donors (Lipinski definition) is 2. The number of H-pyrrole nitrogens is 1. The van der Waals surface area contributed by atoms with E-state index in [0.29, 0.717) is 5.69 Å². The van der Waals surface area contributed by atoms with Crippen molar-refractivity contribution in [2.24, 2.45) is 0 Å². The van der Waals surface area contributed by atoms with Crippen molar-refractivity contribution in [2.45, 2.75) is 13.0 Å². The van der Waals surface area contributed by atoms with Crippen LogP contribution in [-0.2, 0) is 0 Å². The van der Waals surface area contributed by atoms with Crippen molar-refractivity contribution < 1.29 is 4.79 Å². The molecule has 4 heteroatoms. The Labute approximate surface area is 93.7 Å². The van der Waals surface area contributed by atoms with Gasteiger partial charge in [0.2, 0.25) is 0 Å². The SMILES string of the molecule is CC(NC(=O)c1ccn[nH]1)c1ccccc1. The zero-order valence-electron chi connectivity index (χ0n) is 8.97. The van der Waals surface area contributed by atoms with Crippen LogP contribution in [0.2, 0.25) is 0 Å². The largest absolute Gasteiger partial charge is 0.344 e. The summed E-state index contributed by atoms with van der Waals surface area (Å²) in [5, 5.41) is 9.26. The van der Waals surface area contributed by atoms with Gasteiger partial charge in [-0.05, 0) is 18.6 Å². The third kappa shape index (κ3) is 2.28. The Morgan fingerprint density at radius 2 is 2.06 bits per heavy atom. The summed E-state index contributed by atoms with van der Waals surface area (Å²) in [4.78, 5) is 11.7. The maximum absolute atomic E-state index is 11.7. The van der Waals surface area contributed by atoms with E-state index in [1.54, 1.807) is 12.3 Å². The van der Waals surface area contributed by atoms with Gasteiger partial charge >= 0.3 is 0 Å². The molecule has 1 aromatic carbocycles. The van der Waals surface area contributed by atoms with Gasteiger partial charge in [0.1, 0.15) is 5.69 Å². The van der Waals surface area contributed by atoms with Crippen LogP contribution in [0.15, 0.2) is 42.6 Å². The van der Waals surface area contributed by atoms with Gasteiger partial charge in [0.25, 0.3) is 5.91 Å². The number of carbonyl (C=O) groups excluding carboxylic acids is 1. The highest BCUT2D eigenvalue weighted by Gasteiger charge is 2.11. The maximum Gasteiger partial charge on any atom is 0.269 e. The molecule has 0 radical (unpaired) electrons. The minimum absolute atomic E-state index is 0.0167. The van der Waals surface area contributed by atoms with Gasteiger partial charge in [-0.15, -0.1) is 0 Å². The van der Waals surface area contributed by atoms with Crippen LogP contribution in [0.1, 0.15) is 29.0 Å². The highest BCUT2D eigenvalue weighted by molar-refractivity contribution is 5.92. The molecule has 82 valence electrons. The average molecular weight is 215 g/mol. The van der Waals surface area contributed by atoms with E-state index >= 15 is 0 Å². The molecule has 1 atom stereocenters. The summed E-state index contributed by atoms with van der Waals surface area (Å²) < 4.78 is 0. The highest BCUT2D eigenvalue weighted by Crippen LogP contribution is 2.11. The molecule has 0 spiro atoms. The van der Waals surface area contributed by atoms with Crippen molar-refractivity contribution in [3.8, 4) is 0 Å². The lowest BCUT2D eigenvalue weighted by Gasteiger charge is -2.13. The van der Waals surface area contributed by atoms with Gasteiger partial charge < -0.3 is 5.32 Å². The van der Waals surface area contributed by atoms with E-state index in [2.05, 4.69) is 15.5 Å². The van der Waals surface area contributed by atoms with Crippen LogP contribution in [0.4, 0.5) is 0 Å². The molecule has 16 heavy (non-hydrogen) atoms. The fourth-order valence-corrected chi connectivity index (χ4v) is 1.48. The number of hydrogen-bond acceptors (Lipinski definition) is 2. The first-order valence-corrected chi connectivity index (χ1v) is 5.12. The van der Waals surface area contributed by atoms with Gasteiger partial charge in [0.05, 0.1) is 6.04 Å². The Bertz CT molecular complexity index is 450. The molecule has 0 aliphatic rings. The Morgan fingerprint density at radius 1 is 1.31 bits per heavy atom. The normalized spacial score (nSPS) is 12.1. The molecule has 2 rings (SSSR count). The van der Waals surface area contributed by atoms with Crippen LogP contribution < -0.4 is 5.32 Å². The zero-order valence-corrected chi connectivity index (χ0v) is 8.97. The molecule has 1 aromatic heterocycles. The van der Waals surface area contributed by atoms with Gasteiger partial charge in [0.15, 0.2) is 0 Å². The lowest BCUT2D eigenvalue weighted by molar-refractivity contribution is 0.0935. The quantitative estimate of drug-likeness (QED) is 0.821. The third-order valence-electron chi connectivity index (χ3n) is 2.39. The fraction of sp³-hybridized carbons (Fsp3) is 0.167. The second-order valence-corrected chi connectivity index (χ2v) is 3.58. The van der Waals surface area contributed by atoms with Crippen molar-refractivity contribution in [2.75, 3.05) is 0 Å². The summed E-state index contributed by atoms with van der Waals surface area (Å²) in [5.41, 5.74) is 1.55. The number of amides is 1. The van der Waals surface area contributed by atoms with Crippen LogP contribution in [0.3, 0.4) is 0 Å². The summed E-state index contributed by atoms with van der Waals surface area (Å²) in [5.74, 6) is -0.145. The molecule has 0 saturated carbocycles. The summed E-state index contributed by atoms with van der Waals surface area (Å²) in [6.45, 7) is 1.95. The minimum Gasteiger partial charge on any atom is -0.344 e. The van der Waals surface area contributed by atoms with Crippen molar-refractivity contribution >= 4 is 5.91 Å². The maximum atomic E-state index is 11.7. The van der Waals surface area contributed by atoms with E-state index in [1.165, 1.54) is 0 Å². The number of nitrogens with one attached hydrogen (secondary N) is 2. The van der Waals surface area contributed by atoms with E-state index in [9.17, 15) is 4.79 Å². The first kappa shape index (κ1) is 10.4. The summed E-state index contributed by atoms with van der Waals surface area (Å²) in [6.07, 6.45) is 1.56. The average Bonchev–Trinajstić information content (AvgIpc) is 2.83. The molecule has 1 unspecified atom stereocenters. The molecule has 2 N–H and O–H groups in total. The second-order valence-electron chi connectivity index (χ2n) is 3.58. The molecule has 0 aliphatic heterocycles. The summed E-state index contributed by atoms with van der Waals surface area (Å²) in [6, 6.07) is 11.5. The Balaban J connectivity index is 2.03. The summed E-state index contributed by atoms with van der Waals surface area (Å²) >= 11 is 0. The topological polar surface area (TPSA) is 57.8 Å². The van der Waals surface area contributed by atoms with Crippen molar-refractivity contribution in [3.63, 3.8) is 0 Å². The molecular weight excluding hydrogens is 202 g/mol. The van der Waals surface area contributed by atoms with E-state index < -0.39 is 0 Å². The van der Waals surface area contributed by atoms with Crippen LogP contribution >= 0.6 is 0 Å². The van der Waals surface area contributed by atoms with Crippen molar-refractivity contribution in [1.82, 2.24) is 15.5 Å². The fourth-order valence-electron chi connectivity index (χ4n) is 1.48. The number of nitrogens with zero attached hydrogens (tertiary/aromatic N) is 1. The predicted molar refractivity (Wildman–Crippen MR) is 60.9 cm³/mol. The molecule has 1 amide bonds. The number of aromatic amines is 1. The Kier molecular flexibility index (Phi) is 3.00. The molecular formula is C12H13N3O. The van der Waals surface area contributed by atoms with Gasteiger partial charge in [-0.3, -0.25) is 9.89 Å². The first-order chi connectivity index (χ1) is 7.77. The number of aromatic nitrogens is 2. The van der Waals surface area contributed by atoms with Gasteiger partial charge in [-0.1, -0.05) is 30.3 Å². The minimum atomic E-state index is -0.145. The van der Waals surface area contributed by atoms with E-state index in [4.69, 9.17) is 0 Å². The molecule has 0 fully saturated rings. The molecule has 0 aliphatic carbocycles. The molecule has 0 bridgehead atoms. The van der Waals surface area contributed by atoms with Crippen LogP contribution in [0, 0.1) is 0 Å². The lowest BCUT2D eigenvalue weighted by atomic mass is 10.1. The molecule has 2 aromatic rings. The predicted octanol–water partition coefficient (Wildman–Crippen LogP) is 1.90. The van der Waals surface area contributed by atoms with Crippen molar-refractivity contribution in [3.05, 3.63) is 53.9 Å². The highest BCUT2D eigenvalue weighted by atomic mass is 16.2. The van der Waals surface area contributed by atoms with Crippen molar-refractivity contribution in [1.29, 1.82) is 0 Å². The molecule has 4 nitrogen and oxygen atoms in total. The van der Waals surface area contributed by atoms with Crippen LogP contribution in [-0.4, -0.2) is 16.1 Å². The van der Waals surface area contributed by atoms with Crippen LogP contribution in [0.25, 0.3) is 0 Å². The van der Waals surface area contributed by atoms with Gasteiger partial charge in [0, 0.05) is 6.20 Å². The number of carbonyl (C=O) groups is 1. The van der Waals surface area contributed by atoms with Gasteiger partial charge in [-0.2, -0.15) is 5.10 Å². The Morgan fingerprint density at radius 3 is 2.69 bits per heavy atom. The first-order valence-electron chi connectivity index (χ1n) is 5.12. The molecule has 1 heterocycles. The summed E-state index contributed by atoms with van der Waals surface area (Å²) in [7, 11) is 0. The van der Waals surface area contributed by atoms with E-state index in [0.717, 1.165) is 5.56 Å². The van der Waals surface area contributed by atoms with E-state index in [-0.39, 0.29) is 11.9 Å². The standard InChI is InChI=1S/C12H13N3O/c1-9(10-5-3-2-4-6-10)14-12(16)11-7-8-13-15-11/h2-9H,1H3,(H,13,15)(H,14,16). The molecule has 0 saturated heterocycles. The number of rotatable bonds is 3. The number of benzene rings is 1. The van der Waals surface area contributed by atoms with Crippen LogP contribution in [0.5, 0.6) is 0 Å². The Hall–Kier alpha value is -2.10. The van der Waals surface area contributed by atoms with Gasteiger partial charge in [-0.25, -0.2) is 0 Å². The lowest BCUT2D eigenvalue weighted by Crippen LogP contribution is -2.26. The zero-order chi connectivity index (χ0) is 11.4. The monoisotopic (exact) mass is 215 g/mol. The van der Waals surface area contributed by atoms with E-state index in [1.807, 2.05) is 37.3 Å². The second kappa shape index (κ2) is 4.61.